The van der Waals surface area contributed by atoms with E-state index in [2.05, 4.69) is 5.32 Å². The summed E-state index contributed by atoms with van der Waals surface area (Å²) in [6.07, 6.45) is -2.02. The Hall–Kier alpha value is -3.21. The standard InChI is InChI=1S/C17H23N3O8/c1-10(2)8-19(9-14(21)16(24)25)17(26)18-13(15(22)23)7-11-4-3-5-12(6-11)20(27)28/h3-6,10,13-14,21H,7-9H2,1-2H3,(H,18,26)(H,22,23)(H,24,25)/t13-,14-/m0/s1. The van der Waals surface area contributed by atoms with Gasteiger partial charge in [0.05, 0.1) is 11.5 Å². The van der Waals surface area contributed by atoms with Gasteiger partial charge < -0.3 is 25.5 Å². The van der Waals surface area contributed by atoms with Gasteiger partial charge >= 0.3 is 18.0 Å². The van der Waals surface area contributed by atoms with E-state index in [-0.39, 0.29) is 24.6 Å². The number of aliphatic carboxylic acids is 2. The van der Waals surface area contributed by atoms with E-state index in [4.69, 9.17) is 5.11 Å². The molecule has 154 valence electrons. The first-order valence-electron chi connectivity index (χ1n) is 8.43. The number of nitrogens with one attached hydrogen (secondary N) is 1. The van der Waals surface area contributed by atoms with Crippen molar-refractivity contribution in [2.24, 2.45) is 5.92 Å². The summed E-state index contributed by atoms with van der Waals surface area (Å²) < 4.78 is 0. The molecule has 4 N–H and O–H groups in total. The number of aliphatic hydroxyl groups is 1. The number of non-ortho nitro benzene ring substituents is 1. The highest BCUT2D eigenvalue weighted by Crippen LogP contribution is 2.15. The fourth-order valence-corrected chi connectivity index (χ4v) is 2.44. The SMILES string of the molecule is CC(C)CN(C[C@H](O)C(=O)O)C(=O)N[C@@H](Cc1cccc([N+](=O)[O-])c1)C(=O)O. The van der Waals surface area contributed by atoms with Gasteiger partial charge in [0.15, 0.2) is 6.10 Å². The molecular formula is C17H23N3O8. The lowest BCUT2D eigenvalue weighted by atomic mass is 10.1. The number of nitro benzene ring substituents is 1. The lowest BCUT2D eigenvalue weighted by Gasteiger charge is -2.27. The van der Waals surface area contributed by atoms with Crippen molar-refractivity contribution < 1.29 is 34.6 Å². The number of rotatable bonds is 10. The van der Waals surface area contributed by atoms with Crippen LogP contribution in [-0.2, 0) is 16.0 Å². The number of benzene rings is 1. The molecule has 0 aliphatic carbocycles. The summed E-state index contributed by atoms with van der Waals surface area (Å²) in [6, 6.07) is 3.12. The minimum atomic E-state index is -1.82. The molecule has 2 atom stereocenters. The molecule has 0 spiro atoms. The molecule has 11 heteroatoms. The van der Waals surface area contributed by atoms with Gasteiger partial charge in [-0.05, 0) is 11.5 Å². The van der Waals surface area contributed by atoms with Gasteiger partial charge in [-0.25, -0.2) is 14.4 Å². The van der Waals surface area contributed by atoms with E-state index < -0.39 is 41.6 Å². The normalized spacial score (nSPS) is 12.9. The highest BCUT2D eigenvalue weighted by atomic mass is 16.6. The molecule has 0 aliphatic rings. The number of carboxylic acid groups (broad SMARTS) is 2. The number of carbonyl (C=O) groups is 3. The van der Waals surface area contributed by atoms with Crippen LogP contribution in [0.5, 0.6) is 0 Å². The average molecular weight is 397 g/mol. The summed E-state index contributed by atoms with van der Waals surface area (Å²) in [5.41, 5.74) is 0.127. The minimum absolute atomic E-state index is 0.0632. The van der Waals surface area contributed by atoms with Crippen LogP contribution in [0, 0.1) is 16.0 Å². The summed E-state index contributed by atoms with van der Waals surface area (Å²) in [5, 5.41) is 40.8. The first kappa shape index (κ1) is 22.8. The third-order valence-corrected chi connectivity index (χ3v) is 3.71. The molecule has 0 saturated carbocycles. The van der Waals surface area contributed by atoms with Crippen LogP contribution >= 0.6 is 0 Å². The van der Waals surface area contributed by atoms with Crippen LogP contribution in [0.2, 0.25) is 0 Å². The zero-order valence-corrected chi connectivity index (χ0v) is 15.4. The van der Waals surface area contributed by atoms with Crippen molar-refractivity contribution in [3.8, 4) is 0 Å². The molecule has 0 aromatic heterocycles. The van der Waals surface area contributed by atoms with Crippen molar-refractivity contribution in [2.45, 2.75) is 32.4 Å². The second-order valence-corrected chi connectivity index (χ2v) is 6.62. The van der Waals surface area contributed by atoms with E-state index in [1.54, 1.807) is 13.8 Å². The van der Waals surface area contributed by atoms with Crippen LogP contribution in [-0.4, -0.2) is 68.3 Å². The van der Waals surface area contributed by atoms with Gasteiger partial charge in [0.2, 0.25) is 0 Å². The van der Waals surface area contributed by atoms with Crippen molar-refractivity contribution in [3.05, 3.63) is 39.9 Å². The Morgan fingerprint density at radius 1 is 1.18 bits per heavy atom. The molecule has 11 nitrogen and oxygen atoms in total. The maximum absolute atomic E-state index is 12.5. The largest absolute Gasteiger partial charge is 0.480 e. The Morgan fingerprint density at radius 2 is 1.82 bits per heavy atom. The van der Waals surface area contributed by atoms with Crippen molar-refractivity contribution in [1.82, 2.24) is 10.2 Å². The Kier molecular flexibility index (Phi) is 8.32. The number of aliphatic hydroxyl groups excluding tert-OH is 1. The summed E-state index contributed by atoms with van der Waals surface area (Å²) >= 11 is 0. The van der Waals surface area contributed by atoms with Gasteiger partial charge in [0.25, 0.3) is 5.69 Å². The monoisotopic (exact) mass is 397 g/mol. The average Bonchev–Trinajstić information content (AvgIpc) is 2.59. The molecule has 28 heavy (non-hydrogen) atoms. The lowest BCUT2D eigenvalue weighted by Crippen LogP contribution is -2.52. The number of carbonyl (C=O) groups excluding carboxylic acids is 1. The molecular weight excluding hydrogens is 374 g/mol. The van der Waals surface area contributed by atoms with Crippen LogP contribution in [0.15, 0.2) is 24.3 Å². The smallest absolute Gasteiger partial charge is 0.334 e. The molecule has 0 saturated heterocycles. The number of urea groups is 1. The number of nitro groups is 1. The van der Waals surface area contributed by atoms with E-state index in [1.165, 1.54) is 24.3 Å². The predicted octanol–water partition coefficient (Wildman–Crippen LogP) is 0.704. The molecule has 0 heterocycles. The zero-order chi connectivity index (χ0) is 21.4. The van der Waals surface area contributed by atoms with Gasteiger partial charge in [0.1, 0.15) is 6.04 Å². The number of hydrogen-bond acceptors (Lipinski definition) is 6. The maximum atomic E-state index is 12.5. The van der Waals surface area contributed by atoms with E-state index in [0.717, 1.165) is 4.90 Å². The Balaban J connectivity index is 2.94. The molecule has 0 unspecified atom stereocenters. The molecule has 0 aliphatic heterocycles. The highest BCUT2D eigenvalue weighted by Gasteiger charge is 2.27. The van der Waals surface area contributed by atoms with Crippen LogP contribution in [0.3, 0.4) is 0 Å². The maximum Gasteiger partial charge on any atom is 0.334 e. The number of carboxylic acids is 2. The van der Waals surface area contributed by atoms with E-state index in [0.29, 0.717) is 5.56 Å². The van der Waals surface area contributed by atoms with Crippen LogP contribution in [0.4, 0.5) is 10.5 Å². The van der Waals surface area contributed by atoms with Crippen LogP contribution in [0.25, 0.3) is 0 Å². The highest BCUT2D eigenvalue weighted by molar-refractivity contribution is 5.83. The van der Waals surface area contributed by atoms with Gasteiger partial charge in [-0.3, -0.25) is 10.1 Å². The van der Waals surface area contributed by atoms with Crippen molar-refractivity contribution in [2.75, 3.05) is 13.1 Å². The third-order valence-electron chi connectivity index (χ3n) is 3.71. The Labute approximate surface area is 160 Å². The lowest BCUT2D eigenvalue weighted by molar-refractivity contribution is -0.384. The third kappa shape index (κ3) is 7.19. The zero-order valence-electron chi connectivity index (χ0n) is 15.4. The predicted molar refractivity (Wildman–Crippen MR) is 96.8 cm³/mol. The first-order valence-corrected chi connectivity index (χ1v) is 8.43. The van der Waals surface area contributed by atoms with E-state index in [1.807, 2.05) is 0 Å². The van der Waals surface area contributed by atoms with Crippen molar-refractivity contribution in [1.29, 1.82) is 0 Å². The van der Waals surface area contributed by atoms with Crippen LogP contribution in [0.1, 0.15) is 19.4 Å². The van der Waals surface area contributed by atoms with E-state index in [9.17, 15) is 34.7 Å². The summed E-state index contributed by atoms with van der Waals surface area (Å²) in [6.45, 7) is 3.12. The van der Waals surface area contributed by atoms with Gasteiger partial charge in [0, 0.05) is 25.1 Å². The van der Waals surface area contributed by atoms with Crippen molar-refractivity contribution in [3.63, 3.8) is 0 Å². The quantitative estimate of drug-likeness (QED) is 0.330. The molecule has 1 aromatic rings. The molecule has 0 fully saturated rings. The van der Waals surface area contributed by atoms with Crippen molar-refractivity contribution >= 4 is 23.7 Å². The Bertz CT molecular complexity index is 737. The minimum Gasteiger partial charge on any atom is -0.480 e. The van der Waals surface area contributed by atoms with Gasteiger partial charge in [-0.2, -0.15) is 0 Å². The number of amides is 2. The summed E-state index contributed by atoms with van der Waals surface area (Å²) in [5.74, 6) is -2.93. The number of hydrogen-bond donors (Lipinski definition) is 4. The van der Waals surface area contributed by atoms with E-state index >= 15 is 0 Å². The molecule has 1 aromatic carbocycles. The number of nitrogens with zero attached hydrogens (tertiary/aromatic N) is 2. The Morgan fingerprint density at radius 3 is 2.32 bits per heavy atom. The molecule has 2 amide bonds. The topological polar surface area (TPSA) is 170 Å². The fraction of sp³-hybridized carbons (Fsp3) is 0.471. The second kappa shape index (κ2) is 10.2. The molecule has 0 bridgehead atoms. The van der Waals surface area contributed by atoms with Crippen LogP contribution < -0.4 is 5.32 Å². The van der Waals surface area contributed by atoms with Gasteiger partial charge in [-0.1, -0.05) is 26.0 Å². The molecule has 1 rings (SSSR count). The second-order valence-electron chi connectivity index (χ2n) is 6.62. The summed E-state index contributed by atoms with van der Waals surface area (Å²) in [4.78, 5) is 46.1. The van der Waals surface area contributed by atoms with Gasteiger partial charge in [-0.15, -0.1) is 0 Å². The molecule has 0 radical (unpaired) electrons. The first-order chi connectivity index (χ1) is 13.0. The summed E-state index contributed by atoms with van der Waals surface area (Å²) in [7, 11) is 0. The fourth-order valence-electron chi connectivity index (χ4n) is 2.44.